The van der Waals surface area contributed by atoms with Crippen LogP contribution in [0.5, 0.6) is 0 Å². The Hall–Kier alpha value is -1.88. The smallest absolute Gasteiger partial charge is 0.356 e. The van der Waals surface area contributed by atoms with Crippen molar-refractivity contribution in [2.45, 2.75) is 61.1 Å². The average molecular weight is 629 g/mol. The molecule has 3 aliphatic rings. The Morgan fingerprint density at radius 1 is 1.26 bits per heavy atom. The zero-order chi connectivity index (χ0) is 26.5. The van der Waals surface area contributed by atoms with Gasteiger partial charge in [-0.3, -0.25) is 19.2 Å². The number of alkyl halides is 5. The van der Waals surface area contributed by atoms with Crippen LogP contribution in [-0.2, 0) is 19.2 Å². The van der Waals surface area contributed by atoms with E-state index in [0.29, 0.717) is 13.0 Å². The van der Waals surface area contributed by atoms with Crippen LogP contribution in [0.2, 0.25) is 0 Å². The third kappa shape index (κ3) is 5.60. The summed E-state index contributed by atoms with van der Waals surface area (Å²) < 4.78 is 38.1. The molecule has 3 rings (SSSR count). The number of hydrogen-bond donors (Lipinski definition) is 3. The van der Waals surface area contributed by atoms with Gasteiger partial charge in [-0.25, -0.2) is 0 Å². The fraction of sp³-hybridized carbons (Fsp3) is 0.762. The number of halogens is 5. The standard InChI is InChI=1S/C21H26Br2F3N5O4/c1-19(2,3)14(30-18(35)21(24,25)26)17(34)31-8-11-12(20(11,22)23)13(31)16(33)29-10(7-27)6-9-4-5-28-15(9)32/h9-14H,4-6,8H2,1-3H3,(H,28,32)(H,29,33)(H,30,35)/t9-,10-,11-,12-,13-,14+/m0/s1. The van der Waals surface area contributed by atoms with Gasteiger partial charge in [0.25, 0.3) is 0 Å². The second-order valence-electron chi connectivity index (χ2n) is 10.2. The van der Waals surface area contributed by atoms with Crippen LogP contribution in [0.1, 0.15) is 33.6 Å². The largest absolute Gasteiger partial charge is 0.471 e. The Bertz CT molecular complexity index is 962. The first kappa shape index (κ1) is 27.7. The molecular weight excluding hydrogens is 603 g/mol. The average Bonchev–Trinajstić information content (AvgIpc) is 3.10. The summed E-state index contributed by atoms with van der Waals surface area (Å²) in [4.78, 5) is 51.4. The van der Waals surface area contributed by atoms with Crippen LogP contribution in [0, 0.1) is 34.5 Å². The van der Waals surface area contributed by atoms with Gasteiger partial charge >= 0.3 is 12.1 Å². The molecule has 0 aromatic heterocycles. The molecule has 9 nitrogen and oxygen atoms in total. The van der Waals surface area contributed by atoms with Gasteiger partial charge in [-0.15, -0.1) is 0 Å². The Kier molecular flexibility index (Phi) is 7.55. The Morgan fingerprint density at radius 3 is 2.37 bits per heavy atom. The quantitative estimate of drug-likeness (QED) is 0.384. The molecule has 2 saturated heterocycles. The summed E-state index contributed by atoms with van der Waals surface area (Å²) in [5.41, 5.74) is -1.09. The van der Waals surface area contributed by atoms with Crippen molar-refractivity contribution < 1.29 is 32.3 Å². The van der Waals surface area contributed by atoms with Gasteiger partial charge in [0.2, 0.25) is 17.7 Å². The third-order valence-electron chi connectivity index (χ3n) is 6.69. The lowest BCUT2D eigenvalue weighted by Gasteiger charge is -2.37. The van der Waals surface area contributed by atoms with E-state index in [2.05, 4.69) is 42.5 Å². The van der Waals surface area contributed by atoms with Crippen molar-refractivity contribution >= 4 is 55.5 Å². The van der Waals surface area contributed by atoms with Gasteiger partial charge in [0.15, 0.2) is 0 Å². The van der Waals surface area contributed by atoms with E-state index in [1.54, 1.807) is 5.32 Å². The van der Waals surface area contributed by atoms with E-state index in [-0.39, 0.29) is 24.8 Å². The predicted molar refractivity (Wildman–Crippen MR) is 124 cm³/mol. The van der Waals surface area contributed by atoms with E-state index >= 15 is 0 Å². The van der Waals surface area contributed by atoms with Gasteiger partial charge in [-0.2, -0.15) is 18.4 Å². The minimum Gasteiger partial charge on any atom is -0.356 e. The third-order valence-corrected chi connectivity index (χ3v) is 8.92. The molecule has 35 heavy (non-hydrogen) atoms. The predicted octanol–water partition coefficient (Wildman–Crippen LogP) is 1.56. The first-order chi connectivity index (χ1) is 16.0. The number of piperidine rings is 1. The molecule has 1 aliphatic carbocycles. The molecule has 3 fully saturated rings. The minimum absolute atomic E-state index is 0.0643. The summed E-state index contributed by atoms with van der Waals surface area (Å²) >= 11 is 6.96. The Balaban J connectivity index is 1.81. The summed E-state index contributed by atoms with van der Waals surface area (Å²) in [6.45, 7) is 5.08. The van der Waals surface area contributed by atoms with Crippen LogP contribution in [0.15, 0.2) is 0 Å². The van der Waals surface area contributed by atoms with E-state index in [1.165, 1.54) is 25.7 Å². The molecule has 0 spiro atoms. The van der Waals surface area contributed by atoms with Crippen molar-refractivity contribution in [3.8, 4) is 6.07 Å². The van der Waals surface area contributed by atoms with Crippen LogP contribution >= 0.6 is 31.9 Å². The number of rotatable bonds is 6. The van der Waals surface area contributed by atoms with E-state index in [9.17, 15) is 37.6 Å². The molecular formula is C21H26Br2F3N5O4. The van der Waals surface area contributed by atoms with Gasteiger partial charge in [0.1, 0.15) is 18.1 Å². The summed E-state index contributed by atoms with van der Waals surface area (Å²) in [5, 5.41) is 16.6. The number of hydrogen-bond acceptors (Lipinski definition) is 5. The number of fused-ring (bicyclic) bond motifs is 1. The molecule has 0 unspecified atom stereocenters. The van der Waals surface area contributed by atoms with Crippen LogP contribution in [-0.4, -0.2) is 69.2 Å². The molecule has 0 bridgehead atoms. The van der Waals surface area contributed by atoms with Crippen molar-refractivity contribution in [3.63, 3.8) is 0 Å². The van der Waals surface area contributed by atoms with Crippen LogP contribution in [0.3, 0.4) is 0 Å². The Labute approximate surface area is 217 Å². The lowest BCUT2D eigenvalue weighted by molar-refractivity contribution is -0.176. The molecule has 2 aliphatic heterocycles. The minimum atomic E-state index is -5.18. The molecule has 0 radical (unpaired) electrons. The van der Waals surface area contributed by atoms with Crippen LogP contribution < -0.4 is 16.0 Å². The second kappa shape index (κ2) is 9.53. The number of carbonyl (C=O) groups excluding carboxylic acids is 4. The van der Waals surface area contributed by atoms with E-state index in [0.717, 1.165) is 0 Å². The SMILES string of the molecule is CC(C)(C)[C@H](NC(=O)C(F)(F)F)C(=O)N1C[C@H]2[C@@H]([C@H]1C(=O)N[C@H](C#N)C[C@@H]1CCNC1=O)C2(Br)Br. The second-order valence-corrected chi connectivity index (χ2v) is 13.9. The number of nitrogens with zero attached hydrogens (tertiary/aromatic N) is 2. The fourth-order valence-electron chi connectivity index (χ4n) is 4.72. The lowest BCUT2D eigenvalue weighted by atomic mass is 9.85. The number of carbonyl (C=O) groups is 4. The highest BCUT2D eigenvalue weighted by Gasteiger charge is 2.73. The highest BCUT2D eigenvalue weighted by Crippen LogP contribution is 2.67. The highest BCUT2D eigenvalue weighted by molar-refractivity contribution is 9.25. The molecule has 6 atom stereocenters. The first-order valence-electron chi connectivity index (χ1n) is 11.0. The highest BCUT2D eigenvalue weighted by atomic mass is 79.9. The van der Waals surface area contributed by atoms with Gasteiger partial charge < -0.3 is 20.9 Å². The normalized spacial score (nSPS) is 28.9. The maximum absolute atomic E-state index is 13.4. The maximum Gasteiger partial charge on any atom is 0.471 e. The first-order valence-corrected chi connectivity index (χ1v) is 12.6. The van der Waals surface area contributed by atoms with Crippen LogP contribution in [0.4, 0.5) is 13.2 Å². The zero-order valence-electron chi connectivity index (χ0n) is 19.2. The maximum atomic E-state index is 13.4. The lowest BCUT2D eigenvalue weighted by Crippen LogP contribution is -2.61. The molecule has 3 N–H and O–H groups in total. The monoisotopic (exact) mass is 627 g/mol. The van der Waals surface area contributed by atoms with Gasteiger partial charge in [-0.05, 0) is 18.3 Å². The molecule has 0 aromatic carbocycles. The number of nitriles is 1. The van der Waals surface area contributed by atoms with E-state index < -0.39 is 62.5 Å². The number of amides is 4. The molecule has 4 amide bonds. The molecule has 194 valence electrons. The van der Waals surface area contributed by atoms with Gasteiger partial charge in [0.05, 0.1) is 9.30 Å². The Morgan fingerprint density at radius 2 is 1.89 bits per heavy atom. The van der Waals surface area contributed by atoms with Crippen molar-refractivity contribution in [1.82, 2.24) is 20.9 Å². The van der Waals surface area contributed by atoms with Gasteiger partial charge in [-0.1, -0.05) is 52.6 Å². The van der Waals surface area contributed by atoms with Crippen molar-refractivity contribution in [2.75, 3.05) is 13.1 Å². The van der Waals surface area contributed by atoms with Crippen molar-refractivity contribution in [2.24, 2.45) is 23.2 Å². The zero-order valence-corrected chi connectivity index (χ0v) is 22.4. The molecule has 1 saturated carbocycles. The fourth-order valence-corrected chi connectivity index (χ4v) is 6.45. The summed E-state index contributed by atoms with van der Waals surface area (Å²) in [5.74, 6) is -4.95. The van der Waals surface area contributed by atoms with Crippen molar-refractivity contribution in [1.29, 1.82) is 5.26 Å². The molecule has 14 heteroatoms. The molecule has 2 heterocycles. The number of nitrogens with one attached hydrogen (secondary N) is 3. The van der Waals surface area contributed by atoms with Crippen LogP contribution in [0.25, 0.3) is 0 Å². The summed E-state index contributed by atoms with van der Waals surface area (Å²) in [6.07, 6.45) is -4.55. The van der Waals surface area contributed by atoms with Gasteiger partial charge in [0, 0.05) is 30.8 Å². The number of likely N-dealkylation sites (tertiary alicyclic amines) is 1. The summed E-state index contributed by atoms with van der Waals surface area (Å²) in [6, 6.07) is -1.66. The molecule has 0 aromatic rings. The van der Waals surface area contributed by atoms with E-state index in [4.69, 9.17) is 0 Å². The van der Waals surface area contributed by atoms with Crippen molar-refractivity contribution in [3.05, 3.63) is 0 Å². The van der Waals surface area contributed by atoms with E-state index in [1.807, 2.05) is 6.07 Å². The summed E-state index contributed by atoms with van der Waals surface area (Å²) in [7, 11) is 0. The topological polar surface area (TPSA) is 131 Å².